The van der Waals surface area contributed by atoms with Crippen molar-refractivity contribution in [1.82, 2.24) is 5.32 Å². The number of fused-ring (bicyclic) bond motifs is 1. The van der Waals surface area contributed by atoms with Crippen LogP contribution in [0.1, 0.15) is 107 Å². The Morgan fingerprint density at radius 2 is 1.20 bits per heavy atom. The molecule has 0 saturated heterocycles. The van der Waals surface area contributed by atoms with Gasteiger partial charge in [-0.3, -0.25) is 4.79 Å². The zero-order valence-corrected chi connectivity index (χ0v) is 18.9. The van der Waals surface area contributed by atoms with Gasteiger partial charge in [-0.2, -0.15) is 0 Å². The standard InChI is InChI=1S/C27H41NO2/c1-2-3-4-5-6-7-8-9-10-11-12-13-14-17-20-28-27(30)25-21-23-18-15-16-19-24(23)22-26(25)29/h15-16,18-19,21-22,29H,2-14,17,20H2,1H3,(H,28,30). The van der Waals surface area contributed by atoms with Gasteiger partial charge in [-0.05, 0) is 29.3 Å². The largest absolute Gasteiger partial charge is 0.507 e. The summed E-state index contributed by atoms with van der Waals surface area (Å²) in [5, 5.41) is 15.0. The van der Waals surface area contributed by atoms with Crippen molar-refractivity contribution in [3.8, 4) is 5.75 Å². The van der Waals surface area contributed by atoms with Crippen molar-refractivity contribution in [1.29, 1.82) is 0 Å². The van der Waals surface area contributed by atoms with Gasteiger partial charge in [0.15, 0.2) is 0 Å². The van der Waals surface area contributed by atoms with Crippen molar-refractivity contribution in [3.05, 3.63) is 42.0 Å². The highest BCUT2D eigenvalue weighted by Crippen LogP contribution is 2.24. The summed E-state index contributed by atoms with van der Waals surface area (Å²) in [6.45, 7) is 2.94. The molecule has 0 aliphatic heterocycles. The van der Waals surface area contributed by atoms with E-state index in [1.165, 1.54) is 77.0 Å². The number of amides is 1. The topological polar surface area (TPSA) is 49.3 Å². The monoisotopic (exact) mass is 411 g/mol. The summed E-state index contributed by atoms with van der Waals surface area (Å²) in [7, 11) is 0. The molecule has 0 aliphatic carbocycles. The average molecular weight is 412 g/mol. The zero-order valence-electron chi connectivity index (χ0n) is 18.9. The Hall–Kier alpha value is -2.03. The molecule has 30 heavy (non-hydrogen) atoms. The third-order valence-corrected chi connectivity index (χ3v) is 5.92. The predicted octanol–water partition coefficient (Wildman–Crippen LogP) is 7.76. The first-order valence-corrected chi connectivity index (χ1v) is 12.2. The fourth-order valence-corrected chi connectivity index (χ4v) is 4.03. The smallest absolute Gasteiger partial charge is 0.255 e. The van der Waals surface area contributed by atoms with E-state index in [0.29, 0.717) is 12.1 Å². The van der Waals surface area contributed by atoms with Crippen molar-refractivity contribution < 1.29 is 9.90 Å². The molecular weight excluding hydrogens is 370 g/mol. The molecule has 3 heteroatoms. The van der Waals surface area contributed by atoms with Crippen LogP contribution in [-0.4, -0.2) is 17.6 Å². The lowest BCUT2D eigenvalue weighted by Crippen LogP contribution is -2.24. The van der Waals surface area contributed by atoms with Gasteiger partial charge in [-0.1, -0.05) is 115 Å². The quantitative estimate of drug-likeness (QED) is 0.277. The number of unbranched alkanes of at least 4 members (excludes halogenated alkanes) is 13. The number of carbonyl (C=O) groups is 1. The normalized spacial score (nSPS) is 11.1. The maximum atomic E-state index is 12.4. The van der Waals surface area contributed by atoms with Crippen LogP contribution in [0.3, 0.4) is 0 Å². The molecule has 2 aromatic carbocycles. The minimum Gasteiger partial charge on any atom is -0.507 e. The molecular formula is C27H41NO2. The van der Waals surface area contributed by atoms with Gasteiger partial charge in [0.1, 0.15) is 5.75 Å². The van der Waals surface area contributed by atoms with Crippen molar-refractivity contribution in [2.24, 2.45) is 0 Å². The highest BCUT2D eigenvalue weighted by Gasteiger charge is 2.11. The van der Waals surface area contributed by atoms with Gasteiger partial charge >= 0.3 is 0 Å². The highest BCUT2D eigenvalue weighted by atomic mass is 16.3. The molecule has 0 saturated carbocycles. The fourth-order valence-electron chi connectivity index (χ4n) is 4.03. The van der Waals surface area contributed by atoms with Gasteiger partial charge in [0, 0.05) is 6.54 Å². The molecule has 1 amide bonds. The third kappa shape index (κ3) is 9.19. The zero-order chi connectivity index (χ0) is 21.4. The van der Waals surface area contributed by atoms with Gasteiger partial charge in [-0.15, -0.1) is 0 Å². The number of hydrogen-bond donors (Lipinski definition) is 2. The van der Waals surface area contributed by atoms with Gasteiger partial charge in [0.2, 0.25) is 0 Å². The Kier molecular flexibility index (Phi) is 12.0. The first kappa shape index (κ1) is 24.2. The van der Waals surface area contributed by atoms with E-state index in [2.05, 4.69) is 12.2 Å². The lowest BCUT2D eigenvalue weighted by Gasteiger charge is -2.08. The molecule has 2 rings (SSSR count). The Morgan fingerprint density at radius 1 is 0.733 bits per heavy atom. The number of rotatable bonds is 16. The Labute approximate surface area is 183 Å². The van der Waals surface area contributed by atoms with Gasteiger partial charge in [0.05, 0.1) is 5.56 Å². The predicted molar refractivity (Wildman–Crippen MR) is 128 cm³/mol. The van der Waals surface area contributed by atoms with E-state index >= 15 is 0 Å². The molecule has 0 heterocycles. The Balaban J connectivity index is 1.46. The SMILES string of the molecule is CCCCCCCCCCCCCCCCNC(=O)c1cc2ccccc2cc1O. The van der Waals surface area contributed by atoms with E-state index in [0.717, 1.165) is 23.6 Å². The van der Waals surface area contributed by atoms with Crippen LogP contribution in [0, 0.1) is 0 Å². The third-order valence-electron chi connectivity index (χ3n) is 5.92. The Bertz CT molecular complexity index is 741. The lowest BCUT2D eigenvalue weighted by atomic mass is 10.0. The van der Waals surface area contributed by atoms with Gasteiger partial charge in [-0.25, -0.2) is 0 Å². The molecule has 2 N–H and O–H groups in total. The van der Waals surface area contributed by atoms with Crippen molar-refractivity contribution in [3.63, 3.8) is 0 Å². The summed E-state index contributed by atoms with van der Waals surface area (Å²) in [6, 6.07) is 11.2. The van der Waals surface area contributed by atoms with E-state index in [9.17, 15) is 9.90 Å². The van der Waals surface area contributed by atoms with Crippen LogP contribution in [0.2, 0.25) is 0 Å². The summed E-state index contributed by atoms with van der Waals surface area (Å²) in [5.74, 6) is -0.139. The molecule has 0 bridgehead atoms. The molecule has 0 unspecified atom stereocenters. The molecule has 0 aliphatic rings. The van der Waals surface area contributed by atoms with E-state index in [-0.39, 0.29) is 11.7 Å². The van der Waals surface area contributed by atoms with E-state index in [1.54, 1.807) is 12.1 Å². The van der Waals surface area contributed by atoms with E-state index in [4.69, 9.17) is 0 Å². The van der Waals surface area contributed by atoms with Crippen molar-refractivity contribution in [2.45, 2.75) is 96.8 Å². The molecule has 0 fully saturated rings. The van der Waals surface area contributed by atoms with Crippen LogP contribution in [0.25, 0.3) is 10.8 Å². The maximum Gasteiger partial charge on any atom is 0.255 e. The molecule has 0 radical (unpaired) electrons. The second-order valence-electron chi connectivity index (χ2n) is 8.57. The van der Waals surface area contributed by atoms with Crippen LogP contribution in [-0.2, 0) is 0 Å². The Morgan fingerprint density at radius 3 is 1.73 bits per heavy atom. The summed E-state index contributed by atoms with van der Waals surface area (Å²) in [6.07, 6.45) is 18.6. The van der Waals surface area contributed by atoms with Crippen LogP contribution in [0.15, 0.2) is 36.4 Å². The summed E-state index contributed by atoms with van der Waals surface area (Å²) < 4.78 is 0. The van der Waals surface area contributed by atoms with Crippen molar-refractivity contribution >= 4 is 16.7 Å². The first-order valence-electron chi connectivity index (χ1n) is 12.2. The molecule has 0 aromatic heterocycles. The first-order chi connectivity index (χ1) is 14.7. The number of aromatic hydroxyl groups is 1. The second kappa shape index (κ2) is 14.9. The summed E-state index contributed by atoms with van der Waals surface area (Å²) in [5.41, 5.74) is 0.360. The van der Waals surface area contributed by atoms with Crippen LogP contribution in [0.5, 0.6) is 5.75 Å². The van der Waals surface area contributed by atoms with Gasteiger partial charge < -0.3 is 10.4 Å². The minimum atomic E-state index is -0.187. The molecule has 0 spiro atoms. The maximum absolute atomic E-state index is 12.4. The van der Waals surface area contributed by atoms with Gasteiger partial charge in [0.25, 0.3) is 5.91 Å². The molecule has 166 valence electrons. The summed E-state index contributed by atoms with van der Waals surface area (Å²) >= 11 is 0. The average Bonchev–Trinajstić information content (AvgIpc) is 2.75. The second-order valence-corrected chi connectivity index (χ2v) is 8.57. The number of phenolic OH excluding ortho intramolecular Hbond substituents is 1. The molecule has 0 atom stereocenters. The number of phenols is 1. The minimum absolute atomic E-state index is 0.0483. The molecule has 2 aromatic rings. The number of nitrogens with one attached hydrogen (secondary N) is 1. The lowest BCUT2D eigenvalue weighted by molar-refractivity contribution is 0.0950. The fraction of sp³-hybridized carbons (Fsp3) is 0.593. The van der Waals surface area contributed by atoms with E-state index in [1.807, 2.05) is 24.3 Å². The number of carbonyl (C=O) groups excluding carboxylic acids is 1. The number of benzene rings is 2. The van der Waals surface area contributed by atoms with Crippen LogP contribution >= 0.6 is 0 Å². The van der Waals surface area contributed by atoms with Crippen LogP contribution < -0.4 is 5.32 Å². The van der Waals surface area contributed by atoms with Crippen LogP contribution in [0.4, 0.5) is 0 Å². The number of hydrogen-bond acceptors (Lipinski definition) is 2. The summed E-state index contributed by atoms with van der Waals surface area (Å²) in [4.78, 5) is 12.4. The highest BCUT2D eigenvalue weighted by molar-refractivity contribution is 6.01. The van der Waals surface area contributed by atoms with E-state index < -0.39 is 0 Å². The van der Waals surface area contributed by atoms with Crippen molar-refractivity contribution in [2.75, 3.05) is 6.54 Å². The molecule has 3 nitrogen and oxygen atoms in total.